The van der Waals surface area contributed by atoms with E-state index in [0.717, 1.165) is 0 Å². The van der Waals surface area contributed by atoms with Crippen LogP contribution in [-0.2, 0) is 16.6 Å². The number of aliphatic hydroxyl groups excluding tert-OH is 1. The van der Waals surface area contributed by atoms with Gasteiger partial charge in [-0.1, -0.05) is 0 Å². The number of ether oxygens (including phenoxy) is 1. The lowest BCUT2D eigenvalue weighted by Gasteiger charge is -2.06. The highest BCUT2D eigenvalue weighted by Gasteiger charge is 2.16. The molecule has 0 radical (unpaired) electrons. The Morgan fingerprint density at radius 3 is 2.81 bits per heavy atom. The number of sulfonamides is 1. The molecule has 0 saturated heterocycles. The van der Waals surface area contributed by atoms with Gasteiger partial charge in [-0.3, -0.25) is 9.40 Å². The van der Waals surface area contributed by atoms with Gasteiger partial charge in [-0.15, -0.1) is 0 Å². The molecule has 8 nitrogen and oxygen atoms in total. The Bertz CT molecular complexity index is 682. The molecule has 2 aromatic rings. The van der Waals surface area contributed by atoms with Gasteiger partial charge in [-0.05, 0) is 12.5 Å². The first-order valence-electron chi connectivity index (χ1n) is 6.21. The van der Waals surface area contributed by atoms with Gasteiger partial charge in [0.05, 0.1) is 25.2 Å². The Labute approximate surface area is 122 Å². The van der Waals surface area contributed by atoms with Crippen LogP contribution in [0.4, 0.5) is 5.69 Å². The minimum Gasteiger partial charge on any atom is -0.481 e. The fourth-order valence-electron chi connectivity index (χ4n) is 1.61. The molecule has 0 amide bonds. The van der Waals surface area contributed by atoms with E-state index in [1.165, 1.54) is 30.4 Å². The van der Waals surface area contributed by atoms with Crippen molar-refractivity contribution in [3.8, 4) is 5.88 Å². The van der Waals surface area contributed by atoms with Crippen molar-refractivity contribution >= 4 is 15.7 Å². The smallest absolute Gasteiger partial charge is 0.265 e. The summed E-state index contributed by atoms with van der Waals surface area (Å²) in [5, 5.41) is 12.7. The maximum absolute atomic E-state index is 12.2. The third kappa shape index (κ3) is 3.92. The number of aromatic nitrogens is 3. The molecule has 114 valence electrons. The summed E-state index contributed by atoms with van der Waals surface area (Å²) in [5.74, 6) is 0.398. The van der Waals surface area contributed by atoms with Gasteiger partial charge in [0, 0.05) is 25.4 Å². The second kappa shape index (κ2) is 6.55. The van der Waals surface area contributed by atoms with E-state index < -0.39 is 10.0 Å². The molecular weight excluding hydrogens is 296 g/mol. The van der Waals surface area contributed by atoms with Crippen LogP contribution in [0, 0.1) is 0 Å². The fraction of sp³-hybridized carbons (Fsp3) is 0.333. The Hall–Kier alpha value is -2.13. The van der Waals surface area contributed by atoms with Gasteiger partial charge in [0.1, 0.15) is 4.90 Å². The molecule has 21 heavy (non-hydrogen) atoms. The first-order valence-corrected chi connectivity index (χ1v) is 7.69. The summed E-state index contributed by atoms with van der Waals surface area (Å²) in [6.45, 7) is 0.480. The van der Waals surface area contributed by atoms with Crippen molar-refractivity contribution in [3.63, 3.8) is 0 Å². The average molecular weight is 312 g/mol. The Morgan fingerprint density at radius 1 is 1.38 bits per heavy atom. The third-order valence-corrected chi connectivity index (χ3v) is 4.00. The van der Waals surface area contributed by atoms with Crippen LogP contribution in [0.15, 0.2) is 35.6 Å². The molecule has 2 N–H and O–H groups in total. The minimum absolute atomic E-state index is 0.0255. The molecule has 0 bridgehead atoms. The maximum atomic E-state index is 12.2. The summed E-state index contributed by atoms with van der Waals surface area (Å²) >= 11 is 0. The van der Waals surface area contributed by atoms with Gasteiger partial charge >= 0.3 is 0 Å². The van der Waals surface area contributed by atoms with Crippen LogP contribution in [0.3, 0.4) is 0 Å². The molecular formula is C12H16N4O4S. The van der Waals surface area contributed by atoms with Crippen molar-refractivity contribution in [2.24, 2.45) is 0 Å². The molecule has 0 fully saturated rings. The van der Waals surface area contributed by atoms with Crippen LogP contribution in [0.5, 0.6) is 5.88 Å². The van der Waals surface area contributed by atoms with Crippen LogP contribution in [0.25, 0.3) is 0 Å². The standard InChI is InChI=1S/C12H16N4O4S/c1-20-12-4-3-10(7-13-12)15-21(18,19)11-8-14-16(9-11)5-2-6-17/h3-4,7-9,15,17H,2,5-6H2,1H3. The molecule has 2 aromatic heterocycles. The summed E-state index contributed by atoms with van der Waals surface area (Å²) < 4.78 is 33.1. The van der Waals surface area contributed by atoms with E-state index in [0.29, 0.717) is 24.5 Å². The average Bonchev–Trinajstić information content (AvgIpc) is 2.95. The zero-order valence-electron chi connectivity index (χ0n) is 11.4. The monoisotopic (exact) mass is 312 g/mol. The largest absolute Gasteiger partial charge is 0.481 e. The molecule has 0 spiro atoms. The Balaban J connectivity index is 2.11. The normalized spacial score (nSPS) is 11.3. The molecule has 0 aromatic carbocycles. The SMILES string of the molecule is COc1ccc(NS(=O)(=O)c2cnn(CCCO)c2)cn1. The number of aryl methyl sites for hydroxylation is 1. The number of hydrogen-bond acceptors (Lipinski definition) is 6. The summed E-state index contributed by atoms with van der Waals surface area (Å²) in [5.41, 5.74) is 0.332. The van der Waals surface area contributed by atoms with Crippen LogP contribution in [0.1, 0.15) is 6.42 Å². The van der Waals surface area contributed by atoms with Crippen molar-refractivity contribution in [1.82, 2.24) is 14.8 Å². The van der Waals surface area contributed by atoms with Crippen LogP contribution in [-0.4, -0.2) is 42.0 Å². The van der Waals surface area contributed by atoms with E-state index in [9.17, 15) is 8.42 Å². The van der Waals surface area contributed by atoms with Crippen molar-refractivity contribution in [3.05, 3.63) is 30.7 Å². The summed E-state index contributed by atoms with van der Waals surface area (Å²) in [6.07, 6.45) is 4.55. The number of nitrogens with one attached hydrogen (secondary N) is 1. The van der Waals surface area contributed by atoms with Crippen molar-refractivity contribution in [2.45, 2.75) is 17.9 Å². The van der Waals surface area contributed by atoms with Crippen LogP contribution >= 0.6 is 0 Å². The molecule has 0 aliphatic rings. The van der Waals surface area contributed by atoms with Crippen molar-refractivity contribution in [1.29, 1.82) is 0 Å². The number of methoxy groups -OCH3 is 1. The maximum Gasteiger partial charge on any atom is 0.265 e. The lowest BCUT2D eigenvalue weighted by molar-refractivity contribution is 0.277. The molecule has 0 aliphatic carbocycles. The lowest BCUT2D eigenvalue weighted by atomic mass is 10.4. The van der Waals surface area contributed by atoms with Crippen molar-refractivity contribution < 1.29 is 18.3 Å². The second-order valence-corrected chi connectivity index (χ2v) is 5.89. The van der Waals surface area contributed by atoms with Crippen LogP contribution in [0.2, 0.25) is 0 Å². The quantitative estimate of drug-likeness (QED) is 0.770. The van der Waals surface area contributed by atoms with Crippen LogP contribution < -0.4 is 9.46 Å². The highest BCUT2D eigenvalue weighted by Crippen LogP contribution is 2.16. The predicted molar refractivity (Wildman–Crippen MR) is 75.5 cm³/mol. The number of hydrogen-bond donors (Lipinski definition) is 2. The van der Waals surface area contributed by atoms with Gasteiger partial charge in [0.25, 0.3) is 10.0 Å². The molecule has 2 rings (SSSR count). The highest BCUT2D eigenvalue weighted by molar-refractivity contribution is 7.92. The number of pyridine rings is 1. The zero-order chi connectivity index (χ0) is 15.3. The number of rotatable bonds is 7. The molecule has 0 unspecified atom stereocenters. The van der Waals surface area contributed by atoms with Gasteiger partial charge < -0.3 is 9.84 Å². The topological polar surface area (TPSA) is 106 Å². The van der Waals surface area contributed by atoms with E-state index in [4.69, 9.17) is 9.84 Å². The lowest BCUT2D eigenvalue weighted by Crippen LogP contribution is -2.12. The van der Waals surface area contributed by atoms with Gasteiger partial charge in [-0.2, -0.15) is 5.10 Å². The summed E-state index contributed by atoms with van der Waals surface area (Å²) in [4.78, 5) is 3.98. The van der Waals surface area contributed by atoms with E-state index in [-0.39, 0.29) is 11.5 Å². The van der Waals surface area contributed by atoms with E-state index in [2.05, 4.69) is 14.8 Å². The minimum atomic E-state index is -3.71. The first kappa shape index (κ1) is 15.3. The predicted octanol–water partition coefficient (Wildman–Crippen LogP) is 0.470. The Kier molecular flexibility index (Phi) is 4.76. The molecule has 2 heterocycles. The molecule has 0 aliphatic heterocycles. The highest BCUT2D eigenvalue weighted by atomic mass is 32.2. The van der Waals surface area contributed by atoms with Gasteiger partial charge in [0.15, 0.2) is 0 Å². The number of aliphatic hydroxyl groups is 1. The van der Waals surface area contributed by atoms with E-state index >= 15 is 0 Å². The molecule has 0 saturated carbocycles. The number of anilines is 1. The van der Waals surface area contributed by atoms with E-state index in [1.807, 2.05) is 0 Å². The number of nitrogens with zero attached hydrogens (tertiary/aromatic N) is 3. The Morgan fingerprint density at radius 2 is 2.19 bits per heavy atom. The van der Waals surface area contributed by atoms with Gasteiger partial charge in [0.2, 0.25) is 5.88 Å². The fourth-order valence-corrected chi connectivity index (χ4v) is 2.61. The molecule has 9 heteroatoms. The van der Waals surface area contributed by atoms with E-state index in [1.54, 1.807) is 12.1 Å². The van der Waals surface area contributed by atoms with Crippen molar-refractivity contribution in [2.75, 3.05) is 18.4 Å². The third-order valence-electron chi connectivity index (χ3n) is 2.66. The first-order chi connectivity index (χ1) is 10.0. The second-order valence-electron chi connectivity index (χ2n) is 4.21. The summed E-state index contributed by atoms with van der Waals surface area (Å²) in [6, 6.07) is 3.11. The summed E-state index contributed by atoms with van der Waals surface area (Å²) in [7, 11) is -2.23. The molecule has 0 atom stereocenters. The van der Waals surface area contributed by atoms with Gasteiger partial charge in [-0.25, -0.2) is 13.4 Å². The zero-order valence-corrected chi connectivity index (χ0v) is 12.2.